The van der Waals surface area contributed by atoms with Crippen LogP contribution in [0.2, 0.25) is 0 Å². The Bertz CT molecular complexity index is 307. The Labute approximate surface area is 96.8 Å². The fraction of sp³-hybridized carbons (Fsp3) is 0.600. The maximum Gasteiger partial charge on any atom is 0.0701 e. The fourth-order valence-corrected chi connectivity index (χ4v) is 2.98. The summed E-state index contributed by atoms with van der Waals surface area (Å²) < 4.78 is 6.58. The third-order valence-corrected chi connectivity index (χ3v) is 4.16. The minimum atomic E-state index is 0.177. The lowest BCUT2D eigenvalue weighted by atomic mass is 10.0. The van der Waals surface area contributed by atoms with E-state index in [9.17, 15) is 0 Å². The molecule has 4 heteroatoms. The quantitative estimate of drug-likeness (QED) is 0.916. The highest BCUT2D eigenvalue weighted by molar-refractivity contribution is 9.11. The van der Waals surface area contributed by atoms with Crippen molar-refractivity contribution >= 4 is 27.3 Å². The molecule has 1 N–H and O–H groups in total. The van der Waals surface area contributed by atoms with Crippen LogP contribution in [0.3, 0.4) is 0 Å². The Morgan fingerprint density at radius 1 is 1.64 bits per heavy atom. The zero-order valence-electron chi connectivity index (χ0n) is 8.18. The summed E-state index contributed by atoms with van der Waals surface area (Å²) in [6.07, 6.45) is 1.11. The Morgan fingerprint density at radius 2 is 2.50 bits per heavy atom. The van der Waals surface area contributed by atoms with E-state index in [2.05, 4.69) is 40.3 Å². The van der Waals surface area contributed by atoms with Gasteiger partial charge in [0.2, 0.25) is 0 Å². The van der Waals surface area contributed by atoms with Gasteiger partial charge in [-0.2, -0.15) is 0 Å². The predicted molar refractivity (Wildman–Crippen MR) is 62.7 cm³/mol. The lowest BCUT2D eigenvalue weighted by Crippen LogP contribution is -2.42. The van der Waals surface area contributed by atoms with Crippen LogP contribution in [0, 0.1) is 0 Å². The number of rotatable bonds is 3. The lowest BCUT2D eigenvalue weighted by molar-refractivity contribution is 0.171. The van der Waals surface area contributed by atoms with E-state index in [4.69, 9.17) is 4.74 Å². The fourth-order valence-electron chi connectivity index (χ4n) is 1.55. The highest BCUT2D eigenvalue weighted by Crippen LogP contribution is 2.23. The van der Waals surface area contributed by atoms with Crippen molar-refractivity contribution < 1.29 is 4.74 Å². The molecule has 2 heterocycles. The average Bonchev–Trinajstić information content (AvgIpc) is 2.73. The Kier molecular flexibility index (Phi) is 3.27. The molecule has 78 valence electrons. The minimum Gasteiger partial charge on any atom is -0.379 e. The third-order valence-electron chi connectivity index (χ3n) is 2.54. The van der Waals surface area contributed by atoms with Crippen molar-refractivity contribution in [2.75, 3.05) is 13.2 Å². The van der Waals surface area contributed by atoms with Gasteiger partial charge < -0.3 is 10.1 Å². The van der Waals surface area contributed by atoms with Crippen LogP contribution in [-0.4, -0.2) is 18.8 Å². The minimum absolute atomic E-state index is 0.177. The van der Waals surface area contributed by atoms with Gasteiger partial charge in [-0.15, -0.1) is 11.3 Å². The van der Waals surface area contributed by atoms with Crippen LogP contribution in [0.4, 0.5) is 0 Å². The molecule has 1 aromatic heterocycles. The van der Waals surface area contributed by atoms with Gasteiger partial charge in [0.1, 0.15) is 0 Å². The number of thiophene rings is 1. The second-order valence-electron chi connectivity index (χ2n) is 3.92. The first kappa shape index (κ1) is 10.6. The first-order chi connectivity index (χ1) is 6.68. The van der Waals surface area contributed by atoms with Crippen LogP contribution in [-0.2, 0) is 11.3 Å². The van der Waals surface area contributed by atoms with Crippen molar-refractivity contribution in [3.63, 3.8) is 0 Å². The van der Waals surface area contributed by atoms with Gasteiger partial charge in [-0.3, -0.25) is 0 Å². The van der Waals surface area contributed by atoms with E-state index in [0.717, 1.165) is 26.2 Å². The summed E-state index contributed by atoms with van der Waals surface area (Å²) in [5, 5.41) is 3.55. The summed E-state index contributed by atoms with van der Waals surface area (Å²) in [5.41, 5.74) is 0.177. The molecule has 0 aromatic carbocycles. The van der Waals surface area contributed by atoms with Crippen LogP contribution >= 0.6 is 27.3 Å². The molecule has 1 aliphatic rings. The van der Waals surface area contributed by atoms with E-state index in [1.165, 1.54) is 8.66 Å². The summed E-state index contributed by atoms with van der Waals surface area (Å²) in [5.74, 6) is 0. The van der Waals surface area contributed by atoms with Crippen LogP contribution in [0.5, 0.6) is 0 Å². The van der Waals surface area contributed by atoms with E-state index in [1.54, 1.807) is 11.3 Å². The van der Waals surface area contributed by atoms with E-state index in [1.807, 2.05) is 0 Å². The molecule has 2 rings (SSSR count). The van der Waals surface area contributed by atoms with Crippen molar-refractivity contribution in [3.05, 3.63) is 20.8 Å². The van der Waals surface area contributed by atoms with Gasteiger partial charge in [-0.05, 0) is 41.4 Å². The smallest absolute Gasteiger partial charge is 0.0701 e. The molecule has 1 atom stereocenters. The number of hydrogen-bond acceptors (Lipinski definition) is 3. The average molecular weight is 276 g/mol. The van der Waals surface area contributed by atoms with Crippen molar-refractivity contribution in [2.45, 2.75) is 25.4 Å². The molecule has 0 spiro atoms. The predicted octanol–water partition coefficient (Wildman–Crippen LogP) is 2.78. The van der Waals surface area contributed by atoms with Crippen LogP contribution in [0.15, 0.2) is 15.9 Å². The Hall–Kier alpha value is 0.1000. The van der Waals surface area contributed by atoms with Gasteiger partial charge in [-0.25, -0.2) is 0 Å². The molecular formula is C10H14BrNOS. The molecule has 1 fully saturated rings. The highest BCUT2D eigenvalue weighted by atomic mass is 79.9. The number of halogens is 1. The number of ether oxygens (including phenoxy) is 1. The molecule has 1 aromatic rings. The van der Waals surface area contributed by atoms with Gasteiger partial charge in [0.05, 0.1) is 10.4 Å². The van der Waals surface area contributed by atoms with E-state index in [0.29, 0.717) is 0 Å². The molecule has 0 saturated carbocycles. The Morgan fingerprint density at radius 3 is 3.07 bits per heavy atom. The molecular weight excluding hydrogens is 262 g/mol. The van der Waals surface area contributed by atoms with Crippen molar-refractivity contribution in [1.29, 1.82) is 0 Å². The summed E-state index contributed by atoms with van der Waals surface area (Å²) in [4.78, 5) is 1.37. The van der Waals surface area contributed by atoms with Gasteiger partial charge in [-0.1, -0.05) is 0 Å². The molecule has 1 unspecified atom stereocenters. The molecule has 14 heavy (non-hydrogen) atoms. The number of nitrogens with one attached hydrogen (secondary N) is 1. The van der Waals surface area contributed by atoms with Crippen molar-refractivity contribution in [1.82, 2.24) is 5.32 Å². The molecule has 1 saturated heterocycles. The lowest BCUT2D eigenvalue weighted by Gasteiger charge is -2.23. The summed E-state index contributed by atoms with van der Waals surface area (Å²) in [6, 6.07) is 4.25. The van der Waals surface area contributed by atoms with E-state index in [-0.39, 0.29) is 5.54 Å². The van der Waals surface area contributed by atoms with Gasteiger partial charge in [0.15, 0.2) is 0 Å². The van der Waals surface area contributed by atoms with E-state index < -0.39 is 0 Å². The first-order valence-corrected chi connectivity index (χ1v) is 6.36. The highest BCUT2D eigenvalue weighted by Gasteiger charge is 2.28. The monoisotopic (exact) mass is 275 g/mol. The third kappa shape index (κ3) is 2.57. The summed E-state index contributed by atoms with van der Waals surface area (Å²) in [6.45, 7) is 4.88. The van der Waals surface area contributed by atoms with Crippen LogP contribution in [0.1, 0.15) is 18.2 Å². The summed E-state index contributed by atoms with van der Waals surface area (Å²) >= 11 is 5.25. The molecule has 0 amide bonds. The Balaban J connectivity index is 1.87. The maximum atomic E-state index is 5.39. The zero-order chi connectivity index (χ0) is 10.0. The second kappa shape index (κ2) is 4.31. The normalized spacial score (nSPS) is 27.0. The largest absolute Gasteiger partial charge is 0.379 e. The van der Waals surface area contributed by atoms with Crippen LogP contribution < -0.4 is 5.32 Å². The van der Waals surface area contributed by atoms with Gasteiger partial charge >= 0.3 is 0 Å². The van der Waals surface area contributed by atoms with Crippen molar-refractivity contribution in [2.24, 2.45) is 0 Å². The molecule has 0 radical (unpaired) electrons. The summed E-state index contributed by atoms with van der Waals surface area (Å²) in [7, 11) is 0. The standard InChI is InChI=1S/C10H14BrNOS/c1-10(4-5-13-7-10)12-6-8-2-3-9(11)14-8/h2-3,12H,4-7H2,1H3. The molecule has 0 aliphatic carbocycles. The second-order valence-corrected chi connectivity index (χ2v) is 6.47. The molecule has 1 aliphatic heterocycles. The van der Waals surface area contributed by atoms with Crippen molar-refractivity contribution in [3.8, 4) is 0 Å². The molecule has 2 nitrogen and oxygen atoms in total. The van der Waals surface area contributed by atoms with Gasteiger partial charge in [0.25, 0.3) is 0 Å². The topological polar surface area (TPSA) is 21.3 Å². The first-order valence-electron chi connectivity index (χ1n) is 4.75. The molecule has 0 bridgehead atoms. The van der Waals surface area contributed by atoms with Gasteiger partial charge in [0, 0.05) is 23.6 Å². The zero-order valence-corrected chi connectivity index (χ0v) is 10.6. The van der Waals surface area contributed by atoms with E-state index >= 15 is 0 Å². The van der Waals surface area contributed by atoms with Crippen LogP contribution in [0.25, 0.3) is 0 Å². The maximum absolute atomic E-state index is 5.39. The number of hydrogen-bond donors (Lipinski definition) is 1. The SMILES string of the molecule is CC1(NCc2ccc(Br)s2)CCOC1.